The van der Waals surface area contributed by atoms with Crippen LogP contribution in [0, 0.1) is 17.2 Å². The number of nitrogens with one attached hydrogen (secondary N) is 1. The van der Waals surface area contributed by atoms with E-state index < -0.39 is 0 Å². The second-order valence-corrected chi connectivity index (χ2v) is 16.6. The summed E-state index contributed by atoms with van der Waals surface area (Å²) in [6.07, 6.45) is 6.43. The maximum absolute atomic E-state index is 16.4. The van der Waals surface area contributed by atoms with Gasteiger partial charge in [0.05, 0.1) is 25.0 Å². The van der Waals surface area contributed by atoms with Gasteiger partial charge in [-0.05, 0) is 109 Å². The third kappa shape index (κ3) is 6.68. The lowest BCUT2D eigenvalue weighted by Crippen LogP contribution is -2.50. The molecule has 3 heterocycles. The Balaban J connectivity index is 0.837. The van der Waals surface area contributed by atoms with Gasteiger partial charge in [0.25, 0.3) is 5.91 Å². The number of hydrogen-bond acceptors (Lipinski definition) is 7. The normalized spacial score (nSPS) is 21.4. The van der Waals surface area contributed by atoms with Gasteiger partial charge < -0.3 is 34.6 Å². The highest BCUT2D eigenvalue weighted by Gasteiger charge is 2.46. The number of hydrogen-bond donors (Lipinski definition) is 2. The average Bonchev–Trinajstić information content (AvgIpc) is 3.59. The smallest absolute Gasteiger partial charge is 0.252 e. The first-order chi connectivity index (χ1) is 26.8. The summed E-state index contributed by atoms with van der Waals surface area (Å²) in [7, 11) is 1.70. The zero-order valence-corrected chi connectivity index (χ0v) is 32.2. The Bertz CT molecular complexity index is 2060. The lowest BCUT2D eigenvalue weighted by Gasteiger charge is -2.53. The molecule has 4 aromatic carbocycles. The number of benzene rings is 4. The number of carbonyl (C=O) groups is 1. The molecular formula is C46H53FN4O4. The standard InChI is InChI=1S/C46H53FN4O4/c1-3-49(19-20-51-21-22-55-44-38-28-48-45(53)36(38)13-14-40(44)51)29-30-26-46(27-30)15-17-50(18-16-46)41-25-42(54-2)37(24-39(41)47)43-34(31-7-5-4-6-8-31)11-9-32-23-33(52)10-12-35(32)43/h4-8,10,12-14,23-25,30,34,43,52H,3,9,11,15-22,26-29H2,1-2H3,(H,48,53). The summed E-state index contributed by atoms with van der Waals surface area (Å²) in [6.45, 7) is 10.1. The van der Waals surface area contributed by atoms with Crippen molar-refractivity contribution in [1.29, 1.82) is 0 Å². The minimum Gasteiger partial charge on any atom is -0.508 e. The van der Waals surface area contributed by atoms with Crippen LogP contribution in [-0.4, -0.2) is 75.4 Å². The molecule has 4 aromatic rings. The fourth-order valence-corrected chi connectivity index (χ4v) is 10.7. The Labute approximate surface area is 324 Å². The highest BCUT2D eigenvalue weighted by Crippen LogP contribution is 2.54. The van der Waals surface area contributed by atoms with Gasteiger partial charge in [0.15, 0.2) is 0 Å². The van der Waals surface area contributed by atoms with E-state index in [1.54, 1.807) is 19.2 Å². The van der Waals surface area contributed by atoms with Gasteiger partial charge in [0, 0.05) is 67.9 Å². The summed E-state index contributed by atoms with van der Waals surface area (Å²) >= 11 is 0. The Hall–Kier alpha value is -4.76. The summed E-state index contributed by atoms with van der Waals surface area (Å²) in [5, 5.41) is 13.2. The van der Waals surface area contributed by atoms with E-state index in [0.717, 1.165) is 117 Å². The van der Waals surface area contributed by atoms with Gasteiger partial charge in [-0.15, -0.1) is 0 Å². The second-order valence-electron chi connectivity index (χ2n) is 16.6. The summed E-state index contributed by atoms with van der Waals surface area (Å²) in [5.74, 6) is 2.45. The van der Waals surface area contributed by atoms with Crippen LogP contribution in [-0.2, 0) is 13.0 Å². The third-order valence-electron chi connectivity index (χ3n) is 13.6. The molecule has 9 heteroatoms. The molecule has 1 spiro atoms. The Morgan fingerprint density at radius 1 is 1.00 bits per heavy atom. The number of fused-ring (bicyclic) bond motifs is 4. The molecule has 9 rings (SSSR count). The predicted octanol–water partition coefficient (Wildman–Crippen LogP) is 7.86. The van der Waals surface area contributed by atoms with Crippen LogP contribution in [0.5, 0.6) is 17.2 Å². The van der Waals surface area contributed by atoms with E-state index in [0.29, 0.717) is 30.2 Å². The molecule has 2 atom stereocenters. The van der Waals surface area contributed by atoms with E-state index >= 15 is 4.39 Å². The average molecular weight is 745 g/mol. The van der Waals surface area contributed by atoms with E-state index in [2.05, 4.69) is 57.3 Å². The Kier molecular flexibility index (Phi) is 9.61. The number of ether oxygens (including phenoxy) is 2. The van der Waals surface area contributed by atoms with Crippen molar-refractivity contribution in [3.05, 3.63) is 112 Å². The fraction of sp³-hybridized carbons (Fsp3) is 0.457. The van der Waals surface area contributed by atoms with Crippen molar-refractivity contribution >= 4 is 17.3 Å². The molecule has 1 saturated carbocycles. The van der Waals surface area contributed by atoms with Crippen LogP contribution < -0.4 is 24.6 Å². The first kappa shape index (κ1) is 35.9. The lowest BCUT2D eigenvalue weighted by atomic mass is 9.57. The molecule has 55 heavy (non-hydrogen) atoms. The number of piperidine rings is 1. The van der Waals surface area contributed by atoms with Crippen LogP contribution in [0.2, 0.25) is 0 Å². The number of rotatable bonds is 10. The van der Waals surface area contributed by atoms with E-state index in [9.17, 15) is 9.90 Å². The number of carbonyl (C=O) groups excluding carboxylic acids is 1. The second kappa shape index (κ2) is 14.7. The van der Waals surface area contributed by atoms with Crippen LogP contribution in [0.4, 0.5) is 15.8 Å². The molecule has 3 aliphatic heterocycles. The number of aromatic hydroxyl groups is 1. The minimum atomic E-state index is -0.188. The van der Waals surface area contributed by atoms with E-state index in [1.165, 1.54) is 18.4 Å². The summed E-state index contributed by atoms with van der Waals surface area (Å²) in [4.78, 5) is 19.4. The lowest BCUT2D eigenvalue weighted by molar-refractivity contribution is 0.00874. The van der Waals surface area contributed by atoms with Crippen LogP contribution in [0.3, 0.4) is 0 Å². The molecule has 2 aliphatic carbocycles. The first-order valence-corrected chi connectivity index (χ1v) is 20.4. The molecule has 1 amide bonds. The van der Waals surface area contributed by atoms with Crippen LogP contribution >= 0.6 is 0 Å². The van der Waals surface area contributed by atoms with Gasteiger partial charge in [0.1, 0.15) is 29.7 Å². The summed E-state index contributed by atoms with van der Waals surface area (Å²) in [5.41, 5.74) is 8.20. The molecule has 2 fully saturated rings. The maximum Gasteiger partial charge on any atom is 0.252 e. The number of nitrogens with zero attached hydrogens (tertiary/aromatic N) is 3. The Morgan fingerprint density at radius 2 is 1.82 bits per heavy atom. The van der Waals surface area contributed by atoms with Gasteiger partial charge >= 0.3 is 0 Å². The van der Waals surface area contributed by atoms with Crippen molar-refractivity contribution in [2.45, 2.75) is 63.8 Å². The van der Waals surface area contributed by atoms with Crippen LogP contribution in [0.1, 0.15) is 89.0 Å². The molecule has 8 nitrogen and oxygen atoms in total. The molecule has 0 bridgehead atoms. The van der Waals surface area contributed by atoms with E-state index in [4.69, 9.17) is 9.47 Å². The molecule has 1 saturated heterocycles. The molecular weight excluding hydrogens is 692 g/mol. The van der Waals surface area contributed by atoms with Gasteiger partial charge in [0.2, 0.25) is 0 Å². The van der Waals surface area contributed by atoms with Crippen LogP contribution in [0.15, 0.2) is 72.8 Å². The van der Waals surface area contributed by atoms with Crippen molar-refractivity contribution in [3.63, 3.8) is 0 Å². The maximum atomic E-state index is 16.4. The Morgan fingerprint density at radius 3 is 2.60 bits per heavy atom. The quantitative estimate of drug-likeness (QED) is 0.171. The number of phenolic OH excluding ortho intramolecular Hbond substituents is 1. The number of halogens is 1. The SMILES string of the molecule is CCN(CCN1CCOc2c1ccc1c2CNC1=O)CC1CC2(CCN(c3cc(OC)c(C4c5ccc(O)cc5CCC4c4ccccc4)cc3F)CC2)C1. The highest BCUT2D eigenvalue weighted by molar-refractivity contribution is 6.00. The van der Waals surface area contributed by atoms with Crippen molar-refractivity contribution in [1.82, 2.24) is 10.2 Å². The molecule has 0 radical (unpaired) electrons. The zero-order valence-electron chi connectivity index (χ0n) is 32.2. The number of likely N-dealkylation sites (N-methyl/N-ethyl adjacent to an activating group) is 1. The van der Waals surface area contributed by atoms with Crippen molar-refractivity contribution in [3.8, 4) is 17.2 Å². The van der Waals surface area contributed by atoms with Crippen molar-refractivity contribution in [2.75, 3.05) is 69.3 Å². The predicted molar refractivity (Wildman–Crippen MR) is 214 cm³/mol. The van der Waals surface area contributed by atoms with Gasteiger partial charge in [-0.1, -0.05) is 43.3 Å². The topological polar surface area (TPSA) is 77.5 Å². The van der Waals surface area contributed by atoms with Gasteiger partial charge in [-0.2, -0.15) is 0 Å². The summed E-state index contributed by atoms with van der Waals surface area (Å²) < 4.78 is 28.5. The molecule has 5 aliphatic rings. The van der Waals surface area contributed by atoms with Crippen molar-refractivity contribution < 1.29 is 23.8 Å². The van der Waals surface area contributed by atoms with Crippen LogP contribution in [0.25, 0.3) is 0 Å². The fourth-order valence-electron chi connectivity index (χ4n) is 10.7. The summed E-state index contributed by atoms with van der Waals surface area (Å²) in [6, 6.07) is 23.9. The molecule has 288 valence electrons. The molecule has 2 unspecified atom stereocenters. The van der Waals surface area contributed by atoms with E-state index in [-0.39, 0.29) is 29.3 Å². The molecule has 2 N–H and O–H groups in total. The monoisotopic (exact) mass is 744 g/mol. The number of phenols is 1. The number of methoxy groups -OCH3 is 1. The molecule has 0 aromatic heterocycles. The zero-order chi connectivity index (χ0) is 37.7. The number of aryl methyl sites for hydroxylation is 1. The van der Waals surface area contributed by atoms with Gasteiger partial charge in [-0.25, -0.2) is 4.39 Å². The van der Waals surface area contributed by atoms with Crippen molar-refractivity contribution in [2.24, 2.45) is 11.3 Å². The number of amides is 1. The van der Waals surface area contributed by atoms with Gasteiger partial charge in [-0.3, -0.25) is 4.79 Å². The highest BCUT2D eigenvalue weighted by atomic mass is 19.1. The minimum absolute atomic E-state index is 0.0107. The third-order valence-corrected chi connectivity index (χ3v) is 13.6. The largest absolute Gasteiger partial charge is 0.508 e. The number of anilines is 2. The van der Waals surface area contributed by atoms with E-state index in [1.807, 2.05) is 30.3 Å². The first-order valence-electron chi connectivity index (χ1n) is 20.4.